The summed E-state index contributed by atoms with van der Waals surface area (Å²) >= 11 is 0. The second-order valence-corrected chi connectivity index (χ2v) is 4.89. The lowest BCUT2D eigenvalue weighted by atomic mass is 10.1. The molecule has 2 rings (SSSR count). The lowest BCUT2D eigenvalue weighted by molar-refractivity contribution is 0.684. The first-order chi connectivity index (χ1) is 10.3. The first-order valence-corrected chi connectivity index (χ1v) is 7.20. The van der Waals surface area contributed by atoms with E-state index in [4.69, 9.17) is 0 Å². The van der Waals surface area contributed by atoms with E-state index in [9.17, 15) is 0 Å². The normalized spacial score (nSPS) is 12.8. The summed E-state index contributed by atoms with van der Waals surface area (Å²) < 4.78 is 0. The monoisotopic (exact) mass is 282 g/mol. The van der Waals surface area contributed by atoms with Crippen molar-refractivity contribution in [3.63, 3.8) is 0 Å². The topological polar surface area (TPSA) is 49.3 Å². The Morgan fingerprint density at radius 3 is 2.67 bits per heavy atom. The Kier molecular flexibility index (Phi) is 5.76. The quantitative estimate of drug-likeness (QED) is 0.654. The zero-order chi connectivity index (χ0) is 14.9. The zero-order valence-electron chi connectivity index (χ0n) is 12.6. The largest absolute Gasteiger partial charge is 0.356 e. The molecular weight excluding hydrogens is 260 g/mol. The molecule has 0 saturated heterocycles. The summed E-state index contributed by atoms with van der Waals surface area (Å²) in [5.41, 5.74) is 2.46. The van der Waals surface area contributed by atoms with Gasteiger partial charge in [0.2, 0.25) is 0 Å². The van der Waals surface area contributed by atoms with Crippen molar-refractivity contribution in [1.82, 2.24) is 15.6 Å². The Hall–Kier alpha value is -2.36. The molecule has 1 aromatic heterocycles. The van der Waals surface area contributed by atoms with Gasteiger partial charge in [-0.1, -0.05) is 36.4 Å². The molecule has 21 heavy (non-hydrogen) atoms. The van der Waals surface area contributed by atoms with Crippen LogP contribution in [0, 0.1) is 0 Å². The summed E-state index contributed by atoms with van der Waals surface area (Å²) in [7, 11) is 1.79. The molecule has 1 heterocycles. The molecule has 2 N–H and O–H groups in total. The number of nitrogens with zero attached hydrogens (tertiary/aromatic N) is 2. The number of pyridine rings is 1. The summed E-state index contributed by atoms with van der Waals surface area (Å²) in [6, 6.07) is 14.6. The highest BCUT2D eigenvalue weighted by molar-refractivity contribution is 5.80. The Morgan fingerprint density at radius 2 is 2.00 bits per heavy atom. The Balaban J connectivity index is 1.81. The maximum Gasteiger partial charge on any atom is 0.191 e. The first kappa shape index (κ1) is 15.0. The molecule has 1 aromatic carbocycles. The van der Waals surface area contributed by atoms with Crippen LogP contribution in [0.4, 0.5) is 0 Å². The number of hydrogen-bond acceptors (Lipinski definition) is 2. The number of nitrogens with one attached hydrogen (secondary N) is 2. The van der Waals surface area contributed by atoms with Gasteiger partial charge in [0, 0.05) is 26.0 Å². The van der Waals surface area contributed by atoms with E-state index in [1.54, 1.807) is 13.2 Å². The van der Waals surface area contributed by atoms with Crippen LogP contribution in [-0.2, 0) is 6.42 Å². The molecule has 0 aliphatic carbocycles. The second kappa shape index (κ2) is 8.04. The van der Waals surface area contributed by atoms with Crippen molar-refractivity contribution in [2.24, 2.45) is 4.99 Å². The van der Waals surface area contributed by atoms with Crippen molar-refractivity contribution >= 4 is 5.96 Å². The average Bonchev–Trinajstić information content (AvgIpc) is 2.55. The number of guanidine groups is 1. The van der Waals surface area contributed by atoms with Crippen LogP contribution >= 0.6 is 0 Å². The van der Waals surface area contributed by atoms with E-state index in [0.717, 1.165) is 18.9 Å². The van der Waals surface area contributed by atoms with Crippen LogP contribution in [0.2, 0.25) is 0 Å². The summed E-state index contributed by atoms with van der Waals surface area (Å²) in [5, 5.41) is 6.72. The van der Waals surface area contributed by atoms with Gasteiger partial charge in [-0.3, -0.25) is 9.98 Å². The van der Waals surface area contributed by atoms with Crippen LogP contribution < -0.4 is 10.6 Å². The molecule has 0 aliphatic rings. The predicted molar refractivity (Wildman–Crippen MR) is 87.3 cm³/mol. The highest BCUT2D eigenvalue weighted by Crippen LogP contribution is 2.10. The molecule has 4 nitrogen and oxygen atoms in total. The summed E-state index contributed by atoms with van der Waals surface area (Å²) in [4.78, 5) is 8.38. The fraction of sp³-hybridized carbons (Fsp3) is 0.294. The SMILES string of the molecule is CN=C(NCCc1cccnc1)NC(C)c1ccccc1. The van der Waals surface area contributed by atoms with Gasteiger partial charge in [-0.05, 0) is 30.5 Å². The van der Waals surface area contributed by atoms with E-state index in [0.29, 0.717) is 0 Å². The van der Waals surface area contributed by atoms with Gasteiger partial charge < -0.3 is 10.6 Å². The number of hydrogen-bond donors (Lipinski definition) is 2. The lowest BCUT2D eigenvalue weighted by Gasteiger charge is -2.18. The Labute approximate surface area is 126 Å². The van der Waals surface area contributed by atoms with Crippen molar-refractivity contribution < 1.29 is 0 Å². The third kappa shape index (κ3) is 4.91. The Bertz CT molecular complexity index is 552. The van der Waals surface area contributed by atoms with Crippen LogP contribution in [0.15, 0.2) is 59.9 Å². The molecule has 0 aliphatic heterocycles. The minimum atomic E-state index is 0.218. The molecule has 0 saturated carbocycles. The maximum absolute atomic E-state index is 4.26. The minimum absolute atomic E-state index is 0.218. The minimum Gasteiger partial charge on any atom is -0.356 e. The molecule has 110 valence electrons. The van der Waals surface area contributed by atoms with Gasteiger partial charge in [-0.25, -0.2) is 0 Å². The molecule has 1 unspecified atom stereocenters. The third-order valence-electron chi connectivity index (χ3n) is 3.31. The van der Waals surface area contributed by atoms with E-state index in [1.165, 1.54) is 11.1 Å². The van der Waals surface area contributed by atoms with Crippen LogP contribution in [0.25, 0.3) is 0 Å². The van der Waals surface area contributed by atoms with Gasteiger partial charge in [0.15, 0.2) is 5.96 Å². The molecular formula is C17H22N4. The number of aliphatic imine (C=N–C) groups is 1. The lowest BCUT2D eigenvalue weighted by Crippen LogP contribution is -2.39. The maximum atomic E-state index is 4.26. The summed E-state index contributed by atoms with van der Waals surface area (Å²) in [6.45, 7) is 2.95. The van der Waals surface area contributed by atoms with Crippen molar-refractivity contribution in [3.8, 4) is 0 Å². The second-order valence-electron chi connectivity index (χ2n) is 4.89. The van der Waals surface area contributed by atoms with Crippen LogP contribution in [0.1, 0.15) is 24.1 Å². The van der Waals surface area contributed by atoms with Crippen molar-refractivity contribution in [2.45, 2.75) is 19.4 Å². The van der Waals surface area contributed by atoms with Crippen LogP contribution in [0.5, 0.6) is 0 Å². The summed E-state index contributed by atoms with van der Waals surface area (Å²) in [5.74, 6) is 0.815. The van der Waals surface area contributed by atoms with Gasteiger partial charge in [-0.2, -0.15) is 0 Å². The zero-order valence-corrected chi connectivity index (χ0v) is 12.6. The predicted octanol–water partition coefficient (Wildman–Crippen LogP) is 2.55. The molecule has 0 fully saturated rings. The third-order valence-corrected chi connectivity index (χ3v) is 3.31. The number of rotatable bonds is 5. The smallest absolute Gasteiger partial charge is 0.191 e. The van der Waals surface area contributed by atoms with E-state index in [2.05, 4.69) is 45.7 Å². The van der Waals surface area contributed by atoms with Crippen molar-refractivity contribution in [2.75, 3.05) is 13.6 Å². The fourth-order valence-electron chi connectivity index (χ4n) is 2.10. The van der Waals surface area contributed by atoms with E-state index in [-0.39, 0.29) is 6.04 Å². The van der Waals surface area contributed by atoms with Gasteiger partial charge in [-0.15, -0.1) is 0 Å². The summed E-state index contributed by atoms with van der Waals surface area (Å²) in [6.07, 6.45) is 4.61. The molecule has 1 atom stereocenters. The molecule has 0 amide bonds. The van der Waals surface area contributed by atoms with Gasteiger partial charge in [0.1, 0.15) is 0 Å². The molecule has 0 radical (unpaired) electrons. The van der Waals surface area contributed by atoms with Crippen molar-refractivity contribution in [1.29, 1.82) is 0 Å². The first-order valence-electron chi connectivity index (χ1n) is 7.20. The molecule has 2 aromatic rings. The van der Waals surface area contributed by atoms with Gasteiger partial charge >= 0.3 is 0 Å². The van der Waals surface area contributed by atoms with Crippen LogP contribution in [-0.4, -0.2) is 24.5 Å². The standard InChI is InChI=1S/C17H22N4/c1-14(16-8-4-3-5-9-16)21-17(18-2)20-12-10-15-7-6-11-19-13-15/h3-9,11,13-14H,10,12H2,1-2H3,(H2,18,20,21). The van der Waals surface area contributed by atoms with E-state index >= 15 is 0 Å². The fourth-order valence-corrected chi connectivity index (χ4v) is 2.10. The number of benzene rings is 1. The van der Waals surface area contributed by atoms with Gasteiger partial charge in [0.25, 0.3) is 0 Å². The molecule has 4 heteroatoms. The average molecular weight is 282 g/mol. The molecule has 0 spiro atoms. The van der Waals surface area contributed by atoms with E-state index in [1.807, 2.05) is 30.5 Å². The van der Waals surface area contributed by atoms with Crippen LogP contribution in [0.3, 0.4) is 0 Å². The highest BCUT2D eigenvalue weighted by Gasteiger charge is 2.06. The van der Waals surface area contributed by atoms with Crippen molar-refractivity contribution in [3.05, 3.63) is 66.0 Å². The highest BCUT2D eigenvalue weighted by atomic mass is 15.2. The Morgan fingerprint density at radius 1 is 1.19 bits per heavy atom. The number of aromatic nitrogens is 1. The van der Waals surface area contributed by atoms with E-state index < -0.39 is 0 Å². The molecule has 0 bridgehead atoms. The van der Waals surface area contributed by atoms with Gasteiger partial charge in [0.05, 0.1) is 6.04 Å².